The fourth-order valence-corrected chi connectivity index (χ4v) is 6.04. The van der Waals surface area contributed by atoms with Crippen LogP contribution in [0.3, 0.4) is 0 Å². The van der Waals surface area contributed by atoms with Crippen molar-refractivity contribution in [1.82, 2.24) is 4.90 Å². The first kappa shape index (κ1) is 33.1. The van der Waals surface area contributed by atoms with Crippen LogP contribution in [0.4, 0.5) is 10.1 Å². The maximum absolute atomic E-state index is 15.6. The zero-order valence-electron chi connectivity index (χ0n) is 27.1. The minimum absolute atomic E-state index is 0.00771. The fraction of sp³-hybridized carbons (Fsp3) is 0.559. The molecule has 1 fully saturated rings. The van der Waals surface area contributed by atoms with Crippen molar-refractivity contribution in [2.75, 3.05) is 51.5 Å². The second-order valence-corrected chi connectivity index (χ2v) is 12.3. The van der Waals surface area contributed by atoms with Crippen LogP contribution >= 0.6 is 0 Å². The molecular formula is C34H46FN3O6. The molecule has 1 saturated heterocycles. The molecule has 0 atom stereocenters. The van der Waals surface area contributed by atoms with Crippen LogP contribution < -0.4 is 19.1 Å². The molecule has 2 aromatic carbocycles. The maximum atomic E-state index is 15.6. The van der Waals surface area contributed by atoms with Crippen molar-refractivity contribution in [3.8, 4) is 17.2 Å². The first-order valence-electron chi connectivity index (χ1n) is 15.5. The summed E-state index contributed by atoms with van der Waals surface area (Å²) in [5.41, 5.74) is 2.66. The first-order valence-corrected chi connectivity index (χ1v) is 15.5. The molecule has 0 spiro atoms. The second kappa shape index (κ2) is 13.9. The van der Waals surface area contributed by atoms with E-state index >= 15 is 4.39 Å². The monoisotopic (exact) mass is 611 g/mol. The van der Waals surface area contributed by atoms with Crippen LogP contribution in [0.5, 0.6) is 17.2 Å². The van der Waals surface area contributed by atoms with Gasteiger partial charge < -0.3 is 28.7 Å². The largest absolute Gasteiger partial charge is 0.494 e. The van der Waals surface area contributed by atoms with E-state index in [-0.39, 0.29) is 59.9 Å². The van der Waals surface area contributed by atoms with Crippen LogP contribution in [0.2, 0.25) is 0 Å². The summed E-state index contributed by atoms with van der Waals surface area (Å²) in [4.78, 5) is 29.7. The van der Waals surface area contributed by atoms with Crippen molar-refractivity contribution in [2.24, 2.45) is 5.92 Å². The number of anilines is 1. The summed E-state index contributed by atoms with van der Waals surface area (Å²) in [6, 6.07) is 5.46. The Morgan fingerprint density at radius 3 is 2.27 bits per heavy atom. The predicted octanol–water partition coefficient (Wildman–Crippen LogP) is 6.12. The molecule has 10 heteroatoms. The highest BCUT2D eigenvalue weighted by atomic mass is 19.1. The number of nitrogens with one attached hydrogen (secondary N) is 1. The topological polar surface area (TPSA) is 101 Å². The molecule has 9 nitrogen and oxygen atoms in total. The van der Waals surface area contributed by atoms with Crippen LogP contribution in [0, 0.1) is 17.1 Å². The van der Waals surface area contributed by atoms with Crippen LogP contribution in [0.15, 0.2) is 18.2 Å². The summed E-state index contributed by atoms with van der Waals surface area (Å²) in [6.07, 6.45) is 2.06. The molecule has 2 aliphatic heterocycles. The molecule has 0 radical (unpaired) electrons. The fourth-order valence-electron chi connectivity index (χ4n) is 6.04. The highest BCUT2D eigenvalue weighted by Crippen LogP contribution is 2.42. The molecule has 0 bridgehead atoms. The van der Waals surface area contributed by atoms with Gasteiger partial charge in [0.25, 0.3) is 0 Å². The van der Waals surface area contributed by atoms with Gasteiger partial charge in [-0.1, -0.05) is 20.8 Å². The molecule has 44 heavy (non-hydrogen) atoms. The number of esters is 1. The van der Waals surface area contributed by atoms with Gasteiger partial charge in [0.15, 0.2) is 23.1 Å². The number of methoxy groups -OCH3 is 1. The number of carbonyl (C=O) groups is 2. The Bertz CT molecular complexity index is 1390. The lowest BCUT2D eigenvalue weighted by Gasteiger charge is -2.36. The van der Waals surface area contributed by atoms with E-state index in [1.807, 2.05) is 26.0 Å². The minimum atomic E-state index is -0.638. The van der Waals surface area contributed by atoms with E-state index < -0.39 is 5.82 Å². The van der Waals surface area contributed by atoms with E-state index in [0.29, 0.717) is 36.5 Å². The predicted molar refractivity (Wildman–Crippen MR) is 168 cm³/mol. The summed E-state index contributed by atoms with van der Waals surface area (Å²) in [7, 11) is 1.65. The molecule has 0 aliphatic carbocycles. The van der Waals surface area contributed by atoms with Gasteiger partial charge in [0.2, 0.25) is 0 Å². The van der Waals surface area contributed by atoms with Crippen LogP contribution in [-0.2, 0) is 21.5 Å². The molecule has 0 aromatic heterocycles. The molecular weight excluding hydrogens is 565 g/mol. The Labute approximate surface area is 260 Å². The van der Waals surface area contributed by atoms with Gasteiger partial charge in [-0.05, 0) is 68.7 Å². The normalized spacial score (nSPS) is 15.3. The van der Waals surface area contributed by atoms with Crippen LogP contribution in [-0.4, -0.2) is 69.1 Å². The van der Waals surface area contributed by atoms with Crippen LogP contribution in [0.25, 0.3) is 0 Å². The molecule has 240 valence electrons. The van der Waals surface area contributed by atoms with Gasteiger partial charge in [0.1, 0.15) is 11.6 Å². The van der Waals surface area contributed by atoms with E-state index in [4.69, 9.17) is 24.4 Å². The number of benzene rings is 2. The molecule has 4 rings (SSSR count). The number of halogens is 1. The summed E-state index contributed by atoms with van der Waals surface area (Å²) in [5.74, 6) is 0.239. The summed E-state index contributed by atoms with van der Waals surface area (Å²) in [6.45, 7) is 14.2. The van der Waals surface area contributed by atoms with E-state index in [1.54, 1.807) is 25.0 Å². The Kier molecular flexibility index (Phi) is 10.4. The van der Waals surface area contributed by atoms with Crippen molar-refractivity contribution in [1.29, 1.82) is 5.41 Å². The Morgan fingerprint density at radius 2 is 1.68 bits per heavy atom. The van der Waals surface area contributed by atoms with E-state index in [9.17, 15) is 9.59 Å². The molecule has 2 aliphatic rings. The second-order valence-electron chi connectivity index (χ2n) is 12.3. The third kappa shape index (κ3) is 6.94. The van der Waals surface area contributed by atoms with Gasteiger partial charge in [-0.25, -0.2) is 4.39 Å². The van der Waals surface area contributed by atoms with E-state index in [2.05, 4.69) is 25.7 Å². The number of carbonyl (C=O) groups excluding carboxylic acids is 2. The van der Waals surface area contributed by atoms with Gasteiger partial charge in [-0.2, -0.15) is 0 Å². The molecule has 2 aromatic rings. The van der Waals surface area contributed by atoms with Crippen molar-refractivity contribution in [2.45, 2.75) is 72.8 Å². The average molecular weight is 612 g/mol. The first-order chi connectivity index (χ1) is 20.9. The Hall–Kier alpha value is -3.82. The lowest BCUT2D eigenvalue weighted by Crippen LogP contribution is -2.35. The minimum Gasteiger partial charge on any atom is -0.494 e. The lowest BCUT2D eigenvalue weighted by atomic mass is 9.83. The zero-order valence-corrected chi connectivity index (χ0v) is 27.1. The summed E-state index contributed by atoms with van der Waals surface area (Å²) in [5, 5.41) is 8.76. The Morgan fingerprint density at radius 1 is 1.00 bits per heavy atom. The number of piperidine rings is 1. The SMILES string of the molecule is CCOC(=O)CC1CCN(c2cc(C(=O)CN3Cc4cc(OCC)c(OCC)c(F)c4C3=N)cc(C(C)(C)C)c2OC)CC1. The maximum Gasteiger partial charge on any atom is 0.306 e. The third-order valence-electron chi connectivity index (χ3n) is 8.23. The number of hydrogen-bond donors (Lipinski definition) is 1. The van der Waals surface area contributed by atoms with E-state index in [1.165, 1.54) is 0 Å². The summed E-state index contributed by atoms with van der Waals surface area (Å²) < 4.78 is 37.8. The van der Waals surface area contributed by atoms with Gasteiger partial charge >= 0.3 is 5.97 Å². The average Bonchev–Trinajstić information content (AvgIpc) is 3.28. The molecule has 2 heterocycles. The number of ether oxygens (including phenoxy) is 4. The molecule has 0 unspecified atom stereocenters. The third-order valence-corrected chi connectivity index (χ3v) is 8.23. The number of Topliss-reactive ketones (excluding diaryl/α,β-unsaturated/α-hetero) is 1. The van der Waals surface area contributed by atoms with Gasteiger partial charge in [0.05, 0.1) is 44.7 Å². The Balaban J connectivity index is 1.60. The number of fused-ring (bicyclic) bond motifs is 1. The van der Waals surface area contributed by atoms with Crippen molar-refractivity contribution in [3.63, 3.8) is 0 Å². The van der Waals surface area contributed by atoms with E-state index in [0.717, 1.165) is 42.9 Å². The number of hydrogen-bond acceptors (Lipinski definition) is 8. The molecule has 0 saturated carbocycles. The summed E-state index contributed by atoms with van der Waals surface area (Å²) >= 11 is 0. The quantitative estimate of drug-likeness (QED) is 0.226. The number of rotatable bonds is 12. The lowest BCUT2D eigenvalue weighted by molar-refractivity contribution is -0.144. The van der Waals surface area contributed by atoms with Crippen molar-refractivity contribution < 1.29 is 32.9 Å². The molecule has 0 amide bonds. The standard InChI is InChI=1S/C34H46FN3O6/c1-8-42-27-18-23-19-38(33(36)29(23)30(35)32(27)44-10-3)20-26(39)22-16-24(34(4,5)6)31(41-7)25(17-22)37-13-11-21(12-14-37)15-28(40)43-9-2/h16-18,21,36H,8-15,19-20H2,1-7H3. The number of amidine groups is 1. The highest BCUT2D eigenvalue weighted by molar-refractivity contribution is 6.06. The van der Waals surface area contributed by atoms with Crippen molar-refractivity contribution >= 4 is 23.3 Å². The number of ketones is 1. The smallest absolute Gasteiger partial charge is 0.306 e. The zero-order chi connectivity index (χ0) is 32.2. The molecule has 1 N–H and O–H groups in total. The number of nitrogens with zero attached hydrogens (tertiary/aromatic N) is 2. The van der Waals surface area contributed by atoms with Crippen molar-refractivity contribution in [3.05, 3.63) is 46.3 Å². The van der Waals surface area contributed by atoms with Gasteiger partial charge in [-0.3, -0.25) is 15.0 Å². The van der Waals surface area contributed by atoms with Crippen LogP contribution in [0.1, 0.15) is 87.9 Å². The van der Waals surface area contributed by atoms with Gasteiger partial charge in [0, 0.05) is 37.2 Å². The highest BCUT2D eigenvalue weighted by Gasteiger charge is 2.34. The van der Waals surface area contributed by atoms with Gasteiger partial charge in [-0.15, -0.1) is 0 Å².